The maximum absolute atomic E-state index is 9.96. The van der Waals surface area contributed by atoms with Gasteiger partial charge in [0.05, 0.1) is 12.2 Å². The van der Waals surface area contributed by atoms with E-state index in [-0.39, 0.29) is 6.61 Å². The molecule has 12 heavy (non-hydrogen) atoms. The van der Waals surface area contributed by atoms with Crippen LogP contribution in [0.1, 0.15) is 32.6 Å². The maximum atomic E-state index is 9.96. The molecule has 2 atom stereocenters. The molecule has 3 heteroatoms. The molecule has 1 fully saturated rings. The summed E-state index contributed by atoms with van der Waals surface area (Å²) in [6, 6.07) is 0. The molecule has 0 unspecified atom stereocenters. The number of aliphatic hydroxyl groups excluding tert-OH is 1. The first kappa shape index (κ1) is 10.4. The van der Waals surface area contributed by atoms with Crippen molar-refractivity contribution >= 4 is 11.8 Å². The lowest BCUT2D eigenvalue weighted by Gasteiger charge is -2.36. The monoisotopic (exact) mass is 190 g/mol. The summed E-state index contributed by atoms with van der Waals surface area (Å²) >= 11 is 1.70. The highest BCUT2D eigenvalue weighted by atomic mass is 32.2. The summed E-state index contributed by atoms with van der Waals surface area (Å²) in [6.07, 6.45) is 4.37. The highest BCUT2D eigenvalue weighted by Crippen LogP contribution is 2.35. The summed E-state index contributed by atoms with van der Waals surface area (Å²) in [4.78, 5) is 0. The maximum Gasteiger partial charge on any atom is 0.0737 e. The van der Waals surface area contributed by atoms with Crippen LogP contribution in [0.4, 0.5) is 0 Å². The Balaban J connectivity index is 2.37. The lowest BCUT2D eigenvalue weighted by molar-refractivity contribution is 0.0291. The Labute approximate surface area is 78.4 Å². The summed E-state index contributed by atoms with van der Waals surface area (Å²) in [5.41, 5.74) is -0.502. The van der Waals surface area contributed by atoms with Crippen LogP contribution in [-0.2, 0) is 0 Å². The Morgan fingerprint density at radius 2 is 2.25 bits per heavy atom. The number of hydrogen-bond donors (Lipinski definition) is 2. The van der Waals surface area contributed by atoms with Gasteiger partial charge in [-0.05, 0) is 19.8 Å². The Morgan fingerprint density at radius 3 is 2.83 bits per heavy atom. The topological polar surface area (TPSA) is 40.5 Å². The molecule has 0 heterocycles. The van der Waals surface area contributed by atoms with Crippen LogP contribution in [0.2, 0.25) is 0 Å². The van der Waals surface area contributed by atoms with E-state index in [9.17, 15) is 5.11 Å². The fourth-order valence-electron chi connectivity index (χ4n) is 1.74. The number of aliphatic hydroxyl groups is 2. The first-order chi connectivity index (χ1) is 5.67. The van der Waals surface area contributed by atoms with Crippen LogP contribution < -0.4 is 0 Å². The van der Waals surface area contributed by atoms with Gasteiger partial charge in [0.2, 0.25) is 0 Å². The van der Waals surface area contributed by atoms with Crippen molar-refractivity contribution in [2.75, 3.05) is 12.4 Å². The van der Waals surface area contributed by atoms with Crippen molar-refractivity contribution in [3.8, 4) is 0 Å². The van der Waals surface area contributed by atoms with E-state index < -0.39 is 5.60 Å². The summed E-state index contributed by atoms with van der Waals surface area (Å²) in [5.74, 6) is 0.751. The van der Waals surface area contributed by atoms with Crippen LogP contribution in [-0.4, -0.2) is 33.4 Å². The summed E-state index contributed by atoms with van der Waals surface area (Å²) in [5, 5.41) is 19.0. The van der Waals surface area contributed by atoms with E-state index in [0.717, 1.165) is 25.0 Å². The van der Waals surface area contributed by atoms with Gasteiger partial charge in [-0.25, -0.2) is 0 Å². The Bertz CT molecular complexity index is 136. The van der Waals surface area contributed by atoms with Gasteiger partial charge >= 0.3 is 0 Å². The van der Waals surface area contributed by atoms with Crippen molar-refractivity contribution in [3.63, 3.8) is 0 Å². The lowest BCUT2D eigenvalue weighted by Crippen LogP contribution is -2.40. The molecule has 0 amide bonds. The van der Waals surface area contributed by atoms with E-state index in [1.807, 2.05) is 6.92 Å². The number of rotatable bonds is 3. The molecule has 0 radical (unpaired) electrons. The van der Waals surface area contributed by atoms with Crippen molar-refractivity contribution < 1.29 is 10.2 Å². The van der Waals surface area contributed by atoms with Crippen LogP contribution >= 0.6 is 11.8 Å². The first-order valence-corrected chi connectivity index (χ1v) is 5.66. The van der Waals surface area contributed by atoms with Gasteiger partial charge in [0.15, 0.2) is 0 Å². The molecule has 1 saturated carbocycles. The molecular formula is C9H18O2S. The van der Waals surface area contributed by atoms with Gasteiger partial charge in [-0.15, -0.1) is 0 Å². The van der Waals surface area contributed by atoms with Gasteiger partial charge in [-0.2, -0.15) is 11.8 Å². The average Bonchev–Trinajstić information content (AvgIpc) is 2.02. The van der Waals surface area contributed by atoms with Crippen molar-refractivity contribution in [1.29, 1.82) is 0 Å². The minimum absolute atomic E-state index is 0.219. The molecule has 2 N–H and O–H groups in total. The van der Waals surface area contributed by atoms with Gasteiger partial charge in [-0.3, -0.25) is 0 Å². The van der Waals surface area contributed by atoms with E-state index in [1.165, 1.54) is 6.42 Å². The summed E-state index contributed by atoms with van der Waals surface area (Å²) < 4.78 is 0. The molecule has 0 aromatic carbocycles. The van der Waals surface area contributed by atoms with Crippen LogP contribution in [0, 0.1) is 0 Å². The third kappa shape index (κ3) is 2.64. The molecule has 72 valence electrons. The highest BCUT2D eigenvalue weighted by Gasteiger charge is 2.34. The van der Waals surface area contributed by atoms with E-state index in [2.05, 4.69) is 0 Å². The Kier molecular flexibility index (Phi) is 3.87. The normalized spacial score (nSPS) is 36.8. The molecule has 0 bridgehead atoms. The molecular weight excluding hydrogens is 172 g/mol. The summed E-state index contributed by atoms with van der Waals surface area (Å²) in [6.45, 7) is 2.14. The third-order valence-electron chi connectivity index (χ3n) is 2.50. The van der Waals surface area contributed by atoms with Crippen LogP contribution in [0.5, 0.6) is 0 Å². The molecule has 0 saturated heterocycles. The van der Waals surface area contributed by atoms with Crippen LogP contribution in [0.15, 0.2) is 0 Å². The van der Waals surface area contributed by atoms with E-state index in [4.69, 9.17) is 5.11 Å². The van der Waals surface area contributed by atoms with Crippen LogP contribution in [0.25, 0.3) is 0 Å². The quantitative estimate of drug-likeness (QED) is 0.707. The van der Waals surface area contributed by atoms with Crippen molar-refractivity contribution in [1.82, 2.24) is 0 Å². The fourth-order valence-corrected chi connectivity index (χ4v) is 2.94. The highest BCUT2D eigenvalue weighted by molar-refractivity contribution is 8.00. The van der Waals surface area contributed by atoms with Crippen molar-refractivity contribution in [2.24, 2.45) is 0 Å². The predicted molar refractivity (Wildman–Crippen MR) is 52.4 cm³/mol. The molecule has 1 aliphatic carbocycles. The molecule has 2 nitrogen and oxygen atoms in total. The Hall–Kier alpha value is 0.270. The zero-order valence-electron chi connectivity index (χ0n) is 7.62. The lowest BCUT2D eigenvalue weighted by atomic mass is 9.86. The van der Waals surface area contributed by atoms with Gasteiger partial charge in [-0.1, -0.05) is 12.8 Å². The minimum Gasteiger partial charge on any atom is -0.396 e. The number of thioether (sulfide) groups is 1. The van der Waals surface area contributed by atoms with E-state index in [1.54, 1.807) is 11.8 Å². The van der Waals surface area contributed by atoms with E-state index in [0.29, 0.717) is 5.25 Å². The zero-order valence-corrected chi connectivity index (χ0v) is 8.44. The van der Waals surface area contributed by atoms with Crippen molar-refractivity contribution in [3.05, 3.63) is 0 Å². The smallest absolute Gasteiger partial charge is 0.0737 e. The largest absolute Gasteiger partial charge is 0.396 e. The van der Waals surface area contributed by atoms with Gasteiger partial charge < -0.3 is 10.2 Å². The van der Waals surface area contributed by atoms with Gasteiger partial charge in [0.25, 0.3) is 0 Å². The second-order valence-electron chi connectivity index (χ2n) is 3.69. The van der Waals surface area contributed by atoms with E-state index >= 15 is 0 Å². The predicted octanol–water partition coefficient (Wildman–Crippen LogP) is 1.41. The Morgan fingerprint density at radius 1 is 1.50 bits per heavy atom. The second-order valence-corrected chi connectivity index (χ2v) is 5.00. The molecule has 1 rings (SSSR count). The average molecular weight is 190 g/mol. The molecule has 0 aromatic heterocycles. The number of hydrogen-bond acceptors (Lipinski definition) is 3. The fraction of sp³-hybridized carbons (Fsp3) is 1.00. The summed E-state index contributed by atoms with van der Waals surface area (Å²) in [7, 11) is 0. The second kappa shape index (κ2) is 4.49. The molecule has 0 aliphatic heterocycles. The minimum atomic E-state index is -0.502. The zero-order chi connectivity index (χ0) is 9.03. The SMILES string of the molecule is C[C@@]1(O)CCCC[C@H]1SCCO. The standard InChI is InChI=1S/C9H18O2S/c1-9(11)5-3-2-4-8(9)12-7-6-10/h8,10-11H,2-7H2,1H3/t8-,9-/m1/s1. The van der Waals surface area contributed by atoms with Crippen LogP contribution in [0.3, 0.4) is 0 Å². The first-order valence-electron chi connectivity index (χ1n) is 4.61. The molecule has 0 aromatic rings. The molecule has 0 spiro atoms. The van der Waals surface area contributed by atoms with Gasteiger partial charge in [0, 0.05) is 11.0 Å². The van der Waals surface area contributed by atoms with Crippen molar-refractivity contribution in [2.45, 2.75) is 43.5 Å². The van der Waals surface area contributed by atoms with Gasteiger partial charge in [0.1, 0.15) is 0 Å². The molecule has 1 aliphatic rings. The third-order valence-corrected chi connectivity index (χ3v) is 4.07.